The van der Waals surface area contributed by atoms with Crippen LogP contribution >= 0.6 is 11.3 Å². The highest BCUT2D eigenvalue weighted by atomic mass is 32.1. The fourth-order valence-corrected chi connectivity index (χ4v) is 5.16. The number of amides is 2. The molecule has 2 atom stereocenters. The molecule has 6 heteroatoms. The van der Waals surface area contributed by atoms with E-state index in [4.69, 9.17) is 0 Å². The van der Waals surface area contributed by atoms with Crippen LogP contribution in [0.25, 0.3) is 0 Å². The Labute approximate surface area is 147 Å². The summed E-state index contributed by atoms with van der Waals surface area (Å²) in [5.41, 5.74) is 0. The minimum absolute atomic E-state index is 0.0818. The number of fused-ring (bicyclic) bond motifs is 1. The average molecular weight is 347 g/mol. The molecule has 0 aliphatic carbocycles. The molecule has 0 bridgehead atoms. The molecule has 3 saturated heterocycles. The Hall–Kier alpha value is -1.40. The highest BCUT2D eigenvalue weighted by Gasteiger charge is 2.48. The number of piperidine rings is 1. The molecule has 0 spiro atoms. The van der Waals surface area contributed by atoms with Gasteiger partial charge in [0.2, 0.25) is 5.91 Å². The number of hydrogen-bond donors (Lipinski definition) is 0. The van der Waals surface area contributed by atoms with E-state index in [1.807, 2.05) is 22.4 Å². The number of nitrogens with zero attached hydrogens (tertiary/aromatic N) is 3. The van der Waals surface area contributed by atoms with Crippen molar-refractivity contribution in [3.05, 3.63) is 22.4 Å². The summed E-state index contributed by atoms with van der Waals surface area (Å²) in [6.45, 7) is 3.92. The molecular formula is C18H25N3O2S. The molecule has 5 nitrogen and oxygen atoms in total. The predicted molar refractivity (Wildman–Crippen MR) is 94.1 cm³/mol. The maximum Gasteiger partial charge on any atom is 0.264 e. The van der Waals surface area contributed by atoms with Gasteiger partial charge in [0.05, 0.1) is 17.0 Å². The third-order valence-corrected chi connectivity index (χ3v) is 6.76. The molecule has 3 fully saturated rings. The van der Waals surface area contributed by atoms with Gasteiger partial charge >= 0.3 is 0 Å². The smallest absolute Gasteiger partial charge is 0.264 e. The van der Waals surface area contributed by atoms with Gasteiger partial charge in [-0.3, -0.25) is 9.59 Å². The summed E-state index contributed by atoms with van der Waals surface area (Å²) in [5, 5.41) is 1.94. The van der Waals surface area contributed by atoms with Gasteiger partial charge in [0.25, 0.3) is 5.91 Å². The van der Waals surface area contributed by atoms with E-state index in [0.29, 0.717) is 12.3 Å². The van der Waals surface area contributed by atoms with E-state index < -0.39 is 0 Å². The number of thiophene rings is 1. The van der Waals surface area contributed by atoms with Crippen molar-refractivity contribution in [1.29, 1.82) is 0 Å². The van der Waals surface area contributed by atoms with Crippen LogP contribution in [0, 0.1) is 5.92 Å². The third kappa shape index (κ3) is 2.86. The highest BCUT2D eigenvalue weighted by molar-refractivity contribution is 7.12. The summed E-state index contributed by atoms with van der Waals surface area (Å²) in [7, 11) is 2.16. The predicted octanol–water partition coefficient (Wildman–Crippen LogP) is 1.91. The lowest BCUT2D eigenvalue weighted by atomic mass is 9.96. The lowest BCUT2D eigenvalue weighted by molar-refractivity contribution is -0.129. The molecule has 2 amide bonds. The van der Waals surface area contributed by atoms with E-state index in [1.165, 1.54) is 24.2 Å². The topological polar surface area (TPSA) is 43.9 Å². The number of rotatable bonds is 3. The molecule has 1 aromatic rings. The Kier molecular flexibility index (Phi) is 4.35. The molecule has 0 radical (unpaired) electrons. The van der Waals surface area contributed by atoms with Gasteiger partial charge in [-0.05, 0) is 56.8 Å². The molecule has 1 aromatic heterocycles. The Morgan fingerprint density at radius 2 is 2.00 bits per heavy atom. The standard InChI is InChI=1S/C18H25N3O2S/c1-19-7-4-13(5-8-19)12-21-14-6-9-20(15(14)11-17(21)22)18(23)16-3-2-10-24-16/h2-3,10,13-15H,4-9,11-12H2,1H3/t14-,15+/m1/s1. The van der Waals surface area contributed by atoms with Gasteiger partial charge in [-0.1, -0.05) is 6.07 Å². The summed E-state index contributed by atoms with van der Waals surface area (Å²) in [6.07, 6.45) is 3.79. The van der Waals surface area contributed by atoms with Gasteiger partial charge in [0.15, 0.2) is 0 Å². The zero-order chi connectivity index (χ0) is 16.7. The van der Waals surface area contributed by atoms with Gasteiger partial charge in [-0.25, -0.2) is 0 Å². The summed E-state index contributed by atoms with van der Waals surface area (Å²) >= 11 is 1.49. The molecule has 0 unspecified atom stereocenters. The zero-order valence-corrected chi connectivity index (χ0v) is 15.0. The molecule has 0 aromatic carbocycles. The van der Waals surface area contributed by atoms with E-state index in [1.54, 1.807) is 0 Å². The maximum absolute atomic E-state index is 12.7. The van der Waals surface area contributed by atoms with Crippen molar-refractivity contribution in [2.75, 3.05) is 33.2 Å². The van der Waals surface area contributed by atoms with Crippen molar-refractivity contribution < 1.29 is 9.59 Å². The average Bonchev–Trinajstić information content (AvgIpc) is 3.28. The zero-order valence-electron chi connectivity index (χ0n) is 14.2. The van der Waals surface area contributed by atoms with Crippen molar-refractivity contribution in [2.45, 2.75) is 37.8 Å². The van der Waals surface area contributed by atoms with Crippen LogP contribution in [-0.4, -0.2) is 71.8 Å². The highest BCUT2D eigenvalue weighted by Crippen LogP contribution is 2.35. The Balaban J connectivity index is 1.43. The van der Waals surface area contributed by atoms with Gasteiger partial charge in [0.1, 0.15) is 0 Å². The lowest BCUT2D eigenvalue weighted by Gasteiger charge is -2.33. The molecule has 3 aliphatic rings. The number of likely N-dealkylation sites (tertiary alicyclic amines) is 3. The van der Waals surface area contributed by atoms with E-state index in [-0.39, 0.29) is 23.9 Å². The van der Waals surface area contributed by atoms with Crippen LogP contribution in [0.2, 0.25) is 0 Å². The van der Waals surface area contributed by atoms with Crippen LogP contribution in [0.15, 0.2) is 17.5 Å². The largest absolute Gasteiger partial charge is 0.337 e. The van der Waals surface area contributed by atoms with Crippen molar-refractivity contribution in [3.63, 3.8) is 0 Å². The summed E-state index contributed by atoms with van der Waals surface area (Å²) in [4.78, 5) is 32.5. The fourth-order valence-electron chi connectivity index (χ4n) is 4.48. The van der Waals surface area contributed by atoms with Crippen LogP contribution < -0.4 is 0 Å². The monoisotopic (exact) mass is 347 g/mol. The maximum atomic E-state index is 12.7. The van der Waals surface area contributed by atoms with E-state index in [0.717, 1.165) is 37.5 Å². The Morgan fingerprint density at radius 1 is 1.21 bits per heavy atom. The first-order chi connectivity index (χ1) is 11.6. The van der Waals surface area contributed by atoms with Crippen LogP contribution in [0.4, 0.5) is 0 Å². The first-order valence-corrected chi connectivity index (χ1v) is 9.84. The lowest BCUT2D eigenvalue weighted by Crippen LogP contribution is -2.43. The Bertz CT molecular complexity index is 610. The first kappa shape index (κ1) is 16.1. The van der Waals surface area contributed by atoms with E-state index in [2.05, 4.69) is 16.8 Å². The normalized spacial score (nSPS) is 28.6. The first-order valence-electron chi connectivity index (χ1n) is 8.96. The molecular weight excluding hydrogens is 322 g/mol. The van der Waals surface area contributed by atoms with Gasteiger partial charge in [-0.2, -0.15) is 0 Å². The summed E-state index contributed by atoms with van der Waals surface area (Å²) in [5.74, 6) is 0.963. The van der Waals surface area contributed by atoms with Crippen molar-refractivity contribution in [1.82, 2.24) is 14.7 Å². The molecule has 3 aliphatic heterocycles. The molecule has 4 heterocycles. The van der Waals surface area contributed by atoms with Gasteiger partial charge in [0, 0.05) is 19.5 Å². The minimum atomic E-state index is 0.0818. The molecule has 0 N–H and O–H groups in total. The number of hydrogen-bond acceptors (Lipinski definition) is 4. The molecule has 24 heavy (non-hydrogen) atoms. The quantitative estimate of drug-likeness (QED) is 0.839. The second kappa shape index (κ2) is 6.48. The van der Waals surface area contributed by atoms with Gasteiger partial charge < -0.3 is 14.7 Å². The van der Waals surface area contributed by atoms with Crippen molar-refractivity contribution in [2.24, 2.45) is 5.92 Å². The third-order valence-electron chi connectivity index (χ3n) is 5.90. The molecule has 0 saturated carbocycles. The van der Waals surface area contributed by atoms with Gasteiger partial charge in [-0.15, -0.1) is 11.3 Å². The van der Waals surface area contributed by atoms with E-state index in [9.17, 15) is 9.59 Å². The SMILES string of the molecule is CN1CCC(CN2C(=O)C[C@H]3[C@H]2CCN3C(=O)c2cccs2)CC1. The van der Waals surface area contributed by atoms with Crippen LogP contribution in [0.5, 0.6) is 0 Å². The van der Waals surface area contributed by atoms with Crippen molar-refractivity contribution in [3.8, 4) is 0 Å². The number of carbonyl (C=O) groups is 2. The van der Waals surface area contributed by atoms with Crippen molar-refractivity contribution >= 4 is 23.2 Å². The second-order valence-electron chi connectivity index (χ2n) is 7.40. The second-order valence-corrected chi connectivity index (χ2v) is 8.34. The summed E-state index contributed by atoms with van der Waals surface area (Å²) < 4.78 is 0. The van der Waals surface area contributed by atoms with Crippen LogP contribution in [-0.2, 0) is 4.79 Å². The molecule has 4 rings (SSSR count). The fraction of sp³-hybridized carbons (Fsp3) is 0.667. The summed E-state index contributed by atoms with van der Waals surface area (Å²) in [6, 6.07) is 4.12. The minimum Gasteiger partial charge on any atom is -0.337 e. The van der Waals surface area contributed by atoms with Crippen LogP contribution in [0.1, 0.15) is 35.4 Å². The Morgan fingerprint density at radius 3 is 2.71 bits per heavy atom. The molecule has 130 valence electrons. The van der Waals surface area contributed by atoms with E-state index >= 15 is 0 Å². The van der Waals surface area contributed by atoms with Crippen LogP contribution in [0.3, 0.4) is 0 Å². The number of carbonyl (C=O) groups excluding carboxylic acids is 2.